The molecule has 0 amide bonds. The van der Waals surface area contributed by atoms with Crippen molar-refractivity contribution in [3.63, 3.8) is 0 Å². The van der Waals surface area contributed by atoms with E-state index in [0.29, 0.717) is 12.1 Å². The van der Waals surface area contributed by atoms with Crippen molar-refractivity contribution in [1.82, 2.24) is 4.72 Å². The molecule has 0 aliphatic rings. The normalized spacial score (nSPS) is 12.2. The third-order valence-corrected chi connectivity index (χ3v) is 4.19. The fraction of sp³-hybridized carbons (Fsp3) is 0.273. The van der Waals surface area contributed by atoms with Gasteiger partial charge >= 0.3 is 0 Å². The van der Waals surface area contributed by atoms with E-state index in [1.165, 1.54) is 0 Å². The van der Waals surface area contributed by atoms with Crippen LogP contribution >= 0.6 is 15.9 Å². The van der Waals surface area contributed by atoms with E-state index in [9.17, 15) is 8.42 Å². The number of rotatable bonds is 5. The molecule has 0 radical (unpaired) electrons. The van der Waals surface area contributed by atoms with E-state index in [1.807, 2.05) is 6.07 Å². The first-order chi connectivity index (χ1) is 7.97. The van der Waals surface area contributed by atoms with Crippen molar-refractivity contribution < 1.29 is 8.42 Å². The number of hydrogen-bond acceptors (Lipinski definition) is 3. The van der Waals surface area contributed by atoms with Gasteiger partial charge in [0.05, 0.1) is 4.90 Å². The quantitative estimate of drug-likeness (QED) is 0.809. The third kappa shape index (κ3) is 4.23. The molecule has 6 heteroatoms. The second kappa shape index (κ2) is 6.30. The minimum atomic E-state index is -3.47. The van der Waals surface area contributed by atoms with Crippen LogP contribution in [0.25, 0.3) is 0 Å². The Hall–Kier alpha value is -0.690. The maximum Gasteiger partial charge on any atom is 0.241 e. The molecule has 4 nitrogen and oxygen atoms in total. The SMILES string of the molecule is Cc1ccc(Br)cc1S(=O)(=O)NC/C=C/CN. The van der Waals surface area contributed by atoms with Crippen LogP contribution in [0.5, 0.6) is 0 Å². The van der Waals surface area contributed by atoms with Crippen LogP contribution in [0.2, 0.25) is 0 Å². The molecule has 0 fully saturated rings. The molecule has 94 valence electrons. The third-order valence-electron chi connectivity index (χ3n) is 2.13. The minimum absolute atomic E-state index is 0.242. The second-order valence-corrected chi connectivity index (χ2v) is 6.12. The van der Waals surface area contributed by atoms with Gasteiger partial charge in [0, 0.05) is 17.6 Å². The first kappa shape index (κ1) is 14.4. The highest BCUT2D eigenvalue weighted by atomic mass is 79.9. The van der Waals surface area contributed by atoms with Crippen LogP contribution in [0.3, 0.4) is 0 Å². The summed E-state index contributed by atoms with van der Waals surface area (Å²) in [5.74, 6) is 0. The Morgan fingerprint density at radius 3 is 2.76 bits per heavy atom. The molecule has 0 atom stereocenters. The number of sulfonamides is 1. The lowest BCUT2D eigenvalue weighted by molar-refractivity contribution is 0.585. The molecule has 0 aliphatic heterocycles. The second-order valence-electron chi connectivity index (χ2n) is 3.47. The zero-order valence-electron chi connectivity index (χ0n) is 9.48. The Labute approximate surface area is 110 Å². The van der Waals surface area contributed by atoms with E-state index in [4.69, 9.17) is 5.73 Å². The zero-order valence-corrected chi connectivity index (χ0v) is 11.9. The molecule has 1 rings (SSSR count). The number of nitrogens with two attached hydrogens (primary N) is 1. The van der Waals surface area contributed by atoms with Crippen LogP contribution in [0.15, 0.2) is 39.7 Å². The van der Waals surface area contributed by atoms with E-state index in [1.54, 1.807) is 31.2 Å². The van der Waals surface area contributed by atoms with Crippen LogP contribution in [0.4, 0.5) is 0 Å². The van der Waals surface area contributed by atoms with E-state index in [-0.39, 0.29) is 11.4 Å². The summed E-state index contributed by atoms with van der Waals surface area (Å²) in [6.07, 6.45) is 3.39. The van der Waals surface area contributed by atoms with Gasteiger partial charge in [-0.15, -0.1) is 0 Å². The Balaban J connectivity index is 2.89. The Morgan fingerprint density at radius 2 is 2.12 bits per heavy atom. The van der Waals surface area contributed by atoms with Crippen LogP contribution in [-0.4, -0.2) is 21.5 Å². The van der Waals surface area contributed by atoms with Gasteiger partial charge in [-0.1, -0.05) is 34.1 Å². The van der Waals surface area contributed by atoms with E-state index in [0.717, 1.165) is 4.47 Å². The van der Waals surface area contributed by atoms with Crippen molar-refractivity contribution in [3.8, 4) is 0 Å². The van der Waals surface area contributed by atoms with Crippen LogP contribution in [0, 0.1) is 6.92 Å². The number of aryl methyl sites for hydroxylation is 1. The topological polar surface area (TPSA) is 72.2 Å². The summed E-state index contributed by atoms with van der Waals surface area (Å²) in [5.41, 5.74) is 5.97. The van der Waals surface area contributed by atoms with Crippen molar-refractivity contribution in [1.29, 1.82) is 0 Å². The summed E-state index contributed by atoms with van der Waals surface area (Å²) in [5, 5.41) is 0. The number of hydrogen-bond donors (Lipinski definition) is 2. The Bertz CT molecular complexity index is 512. The summed E-state index contributed by atoms with van der Waals surface area (Å²) in [7, 11) is -3.47. The highest BCUT2D eigenvalue weighted by Gasteiger charge is 2.15. The van der Waals surface area contributed by atoms with Gasteiger partial charge in [0.25, 0.3) is 0 Å². The Morgan fingerprint density at radius 1 is 1.41 bits per heavy atom. The van der Waals surface area contributed by atoms with Gasteiger partial charge < -0.3 is 5.73 Å². The fourth-order valence-electron chi connectivity index (χ4n) is 1.28. The molecule has 0 heterocycles. The van der Waals surface area contributed by atoms with Gasteiger partial charge in [0.15, 0.2) is 0 Å². The molecule has 0 saturated carbocycles. The summed E-state index contributed by atoms with van der Waals surface area (Å²) in [6.45, 7) is 2.40. The van der Waals surface area contributed by atoms with Crippen molar-refractivity contribution in [2.24, 2.45) is 5.73 Å². The molecule has 3 N–H and O–H groups in total. The molecular weight excluding hydrogens is 304 g/mol. The van der Waals surface area contributed by atoms with Crippen molar-refractivity contribution >= 4 is 26.0 Å². The lowest BCUT2D eigenvalue weighted by Gasteiger charge is -2.08. The van der Waals surface area contributed by atoms with Gasteiger partial charge in [-0.2, -0.15) is 0 Å². The van der Waals surface area contributed by atoms with Crippen LogP contribution in [0.1, 0.15) is 5.56 Å². The van der Waals surface area contributed by atoms with Crippen molar-refractivity contribution in [3.05, 3.63) is 40.4 Å². The standard InChI is InChI=1S/C11H15BrN2O2S/c1-9-4-5-10(12)8-11(9)17(15,16)14-7-3-2-6-13/h2-5,8,14H,6-7,13H2,1H3/b3-2+. The van der Waals surface area contributed by atoms with Gasteiger partial charge in [-0.3, -0.25) is 0 Å². The molecule has 0 unspecified atom stereocenters. The highest BCUT2D eigenvalue weighted by molar-refractivity contribution is 9.10. The summed E-state index contributed by atoms with van der Waals surface area (Å²) in [4.78, 5) is 0.285. The Kier molecular flexibility index (Phi) is 5.32. The van der Waals surface area contributed by atoms with E-state index >= 15 is 0 Å². The van der Waals surface area contributed by atoms with E-state index < -0.39 is 10.0 Å². The van der Waals surface area contributed by atoms with Crippen molar-refractivity contribution in [2.75, 3.05) is 13.1 Å². The van der Waals surface area contributed by atoms with Crippen molar-refractivity contribution in [2.45, 2.75) is 11.8 Å². The molecule has 0 aliphatic carbocycles. The largest absolute Gasteiger partial charge is 0.327 e. The number of benzene rings is 1. The van der Waals surface area contributed by atoms with E-state index in [2.05, 4.69) is 20.7 Å². The van der Waals surface area contributed by atoms with Gasteiger partial charge in [-0.05, 0) is 24.6 Å². The average molecular weight is 319 g/mol. The smallest absolute Gasteiger partial charge is 0.241 e. The minimum Gasteiger partial charge on any atom is -0.327 e. The van der Waals surface area contributed by atoms with Gasteiger partial charge in [0.2, 0.25) is 10.0 Å². The summed E-state index contributed by atoms with van der Waals surface area (Å²) < 4.78 is 27.2. The molecule has 17 heavy (non-hydrogen) atoms. The fourth-order valence-corrected chi connectivity index (χ4v) is 3.04. The summed E-state index contributed by atoms with van der Waals surface area (Å²) in [6, 6.07) is 5.15. The van der Waals surface area contributed by atoms with Crippen LogP contribution < -0.4 is 10.5 Å². The molecule has 0 spiro atoms. The lowest BCUT2D eigenvalue weighted by atomic mass is 10.2. The lowest BCUT2D eigenvalue weighted by Crippen LogP contribution is -2.24. The maximum absolute atomic E-state index is 12.0. The molecule has 0 bridgehead atoms. The number of nitrogens with one attached hydrogen (secondary N) is 1. The molecular formula is C11H15BrN2O2S. The predicted octanol–water partition coefficient (Wildman–Crippen LogP) is 1.55. The first-order valence-electron chi connectivity index (χ1n) is 5.08. The van der Waals surface area contributed by atoms with Crippen LogP contribution in [-0.2, 0) is 10.0 Å². The maximum atomic E-state index is 12.0. The molecule has 0 saturated heterocycles. The average Bonchev–Trinajstić information content (AvgIpc) is 2.28. The monoisotopic (exact) mass is 318 g/mol. The summed E-state index contributed by atoms with van der Waals surface area (Å²) >= 11 is 3.26. The molecule has 1 aromatic carbocycles. The zero-order chi connectivity index (χ0) is 12.9. The molecule has 0 aromatic heterocycles. The number of halogens is 1. The van der Waals surface area contributed by atoms with Gasteiger partial charge in [0.1, 0.15) is 0 Å². The first-order valence-corrected chi connectivity index (χ1v) is 7.36. The highest BCUT2D eigenvalue weighted by Crippen LogP contribution is 2.20. The molecule has 1 aromatic rings. The predicted molar refractivity (Wildman–Crippen MR) is 72.3 cm³/mol. The van der Waals surface area contributed by atoms with Gasteiger partial charge in [-0.25, -0.2) is 13.1 Å².